The standard InChI is InChI=1S/C11H12ClN3O/c1-8(2)16-10-5-3-9(4-6-10)15-7-13-14-11(15)12/h3-8H,1-2H3. The summed E-state index contributed by atoms with van der Waals surface area (Å²) in [5.41, 5.74) is 0.908. The highest BCUT2D eigenvalue weighted by atomic mass is 35.5. The SMILES string of the molecule is CC(C)Oc1ccc(-n2cnnc2Cl)cc1. The van der Waals surface area contributed by atoms with Crippen molar-refractivity contribution in [1.29, 1.82) is 0 Å². The molecule has 1 heterocycles. The van der Waals surface area contributed by atoms with Crippen LogP contribution in [0.3, 0.4) is 0 Å². The minimum absolute atomic E-state index is 0.171. The number of rotatable bonds is 3. The quantitative estimate of drug-likeness (QED) is 0.824. The van der Waals surface area contributed by atoms with Crippen LogP contribution in [0.15, 0.2) is 30.6 Å². The number of hydrogen-bond donors (Lipinski definition) is 0. The van der Waals surface area contributed by atoms with Crippen LogP contribution in [0.2, 0.25) is 5.28 Å². The molecule has 0 aliphatic carbocycles. The van der Waals surface area contributed by atoms with Crippen LogP contribution in [0.1, 0.15) is 13.8 Å². The first-order valence-electron chi connectivity index (χ1n) is 4.99. The van der Waals surface area contributed by atoms with Gasteiger partial charge in [0.05, 0.1) is 6.10 Å². The van der Waals surface area contributed by atoms with E-state index in [0.29, 0.717) is 5.28 Å². The second kappa shape index (κ2) is 4.53. The van der Waals surface area contributed by atoms with E-state index in [1.165, 1.54) is 0 Å². The van der Waals surface area contributed by atoms with Crippen LogP contribution in [0.25, 0.3) is 5.69 Å². The molecule has 2 aromatic rings. The van der Waals surface area contributed by atoms with Gasteiger partial charge < -0.3 is 4.74 Å². The van der Waals surface area contributed by atoms with Crippen molar-refractivity contribution >= 4 is 11.6 Å². The molecule has 0 amide bonds. The smallest absolute Gasteiger partial charge is 0.229 e. The van der Waals surface area contributed by atoms with E-state index in [2.05, 4.69) is 10.2 Å². The molecule has 1 aromatic heterocycles. The first-order valence-corrected chi connectivity index (χ1v) is 5.37. The summed E-state index contributed by atoms with van der Waals surface area (Å²) in [5, 5.41) is 7.77. The van der Waals surface area contributed by atoms with Crippen LogP contribution >= 0.6 is 11.6 Å². The van der Waals surface area contributed by atoms with Gasteiger partial charge in [-0.3, -0.25) is 4.57 Å². The molecule has 2 rings (SSSR count). The van der Waals surface area contributed by atoms with E-state index in [0.717, 1.165) is 11.4 Å². The van der Waals surface area contributed by atoms with Gasteiger partial charge in [-0.15, -0.1) is 10.2 Å². The Morgan fingerprint density at radius 3 is 2.44 bits per heavy atom. The monoisotopic (exact) mass is 237 g/mol. The zero-order valence-electron chi connectivity index (χ0n) is 9.09. The summed E-state index contributed by atoms with van der Waals surface area (Å²) in [5.74, 6) is 0.836. The summed E-state index contributed by atoms with van der Waals surface area (Å²) in [7, 11) is 0. The number of nitrogens with zero attached hydrogens (tertiary/aromatic N) is 3. The molecule has 0 aliphatic rings. The summed E-state index contributed by atoms with van der Waals surface area (Å²) in [6.07, 6.45) is 1.74. The fourth-order valence-corrected chi connectivity index (χ4v) is 1.54. The molecule has 0 N–H and O–H groups in total. The van der Waals surface area contributed by atoms with Crippen LogP contribution in [-0.2, 0) is 0 Å². The summed E-state index contributed by atoms with van der Waals surface area (Å²) >= 11 is 5.86. The predicted octanol–water partition coefficient (Wildman–Crippen LogP) is 2.71. The van der Waals surface area contributed by atoms with Crippen molar-refractivity contribution in [3.63, 3.8) is 0 Å². The normalized spacial score (nSPS) is 10.8. The summed E-state index contributed by atoms with van der Waals surface area (Å²) in [6.45, 7) is 3.98. The minimum Gasteiger partial charge on any atom is -0.491 e. The van der Waals surface area contributed by atoms with Crippen molar-refractivity contribution in [2.24, 2.45) is 0 Å². The second-order valence-corrected chi connectivity index (χ2v) is 3.97. The number of ether oxygens (including phenoxy) is 1. The van der Waals surface area contributed by atoms with Crippen molar-refractivity contribution < 1.29 is 4.74 Å². The van der Waals surface area contributed by atoms with Crippen LogP contribution in [-0.4, -0.2) is 20.9 Å². The molecule has 0 saturated heterocycles. The topological polar surface area (TPSA) is 39.9 Å². The zero-order chi connectivity index (χ0) is 11.5. The molecule has 4 nitrogen and oxygen atoms in total. The van der Waals surface area contributed by atoms with Crippen LogP contribution in [0.5, 0.6) is 5.75 Å². The van der Waals surface area contributed by atoms with Crippen LogP contribution in [0.4, 0.5) is 0 Å². The van der Waals surface area contributed by atoms with Crippen molar-refractivity contribution in [1.82, 2.24) is 14.8 Å². The van der Waals surface area contributed by atoms with Crippen LogP contribution < -0.4 is 4.74 Å². The highest BCUT2D eigenvalue weighted by Crippen LogP contribution is 2.18. The maximum absolute atomic E-state index is 5.86. The van der Waals surface area contributed by atoms with Gasteiger partial charge in [0.2, 0.25) is 5.28 Å². The van der Waals surface area contributed by atoms with E-state index in [9.17, 15) is 0 Å². The first kappa shape index (κ1) is 11.0. The third-order valence-corrected chi connectivity index (χ3v) is 2.25. The van der Waals surface area contributed by atoms with E-state index in [4.69, 9.17) is 16.3 Å². The maximum atomic E-state index is 5.86. The Morgan fingerprint density at radius 2 is 1.94 bits per heavy atom. The van der Waals surface area contributed by atoms with Crippen molar-refractivity contribution in [2.75, 3.05) is 0 Å². The van der Waals surface area contributed by atoms with Gasteiger partial charge >= 0.3 is 0 Å². The highest BCUT2D eigenvalue weighted by molar-refractivity contribution is 6.28. The Kier molecular flexibility index (Phi) is 3.10. The molecule has 16 heavy (non-hydrogen) atoms. The Hall–Kier alpha value is -1.55. The first-order chi connectivity index (χ1) is 7.66. The number of halogens is 1. The molecule has 1 aromatic carbocycles. The zero-order valence-corrected chi connectivity index (χ0v) is 9.85. The molecule has 0 atom stereocenters. The van der Waals surface area contributed by atoms with Crippen molar-refractivity contribution in [2.45, 2.75) is 20.0 Å². The lowest BCUT2D eigenvalue weighted by atomic mass is 10.3. The molecule has 0 fully saturated rings. The number of aromatic nitrogens is 3. The molecule has 0 radical (unpaired) electrons. The number of hydrogen-bond acceptors (Lipinski definition) is 3. The Balaban J connectivity index is 2.23. The van der Waals surface area contributed by atoms with E-state index in [-0.39, 0.29) is 6.10 Å². The summed E-state index contributed by atoms with van der Waals surface area (Å²) in [6, 6.07) is 7.61. The average molecular weight is 238 g/mol. The predicted molar refractivity (Wildman–Crippen MR) is 62.1 cm³/mol. The molecular weight excluding hydrogens is 226 g/mol. The molecule has 0 bridgehead atoms. The van der Waals surface area contributed by atoms with Crippen molar-refractivity contribution in [3.05, 3.63) is 35.9 Å². The van der Waals surface area contributed by atoms with Crippen molar-refractivity contribution in [3.8, 4) is 11.4 Å². The molecule has 0 saturated carbocycles. The lowest BCUT2D eigenvalue weighted by Crippen LogP contribution is -2.05. The fourth-order valence-electron chi connectivity index (χ4n) is 1.35. The fraction of sp³-hybridized carbons (Fsp3) is 0.273. The molecule has 0 unspecified atom stereocenters. The summed E-state index contributed by atoms with van der Waals surface area (Å²) in [4.78, 5) is 0. The third kappa shape index (κ3) is 2.33. The van der Waals surface area contributed by atoms with Crippen LogP contribution in [0, 0.1) is 0 Å². The van der Waals surface area contributed by atoms with Gasteiger partial charge in [-0.05, 0) is 49.7 Å². The van der Waals surface area contributed by atoms with Gasteiger partial charge in [0.25, 0.3) is 0 Å². The highest BCUT2D eigenvalue weighted by Gasteiger charge is 2.03. The van der Waals surface area contributed by atoms with Gasteiger partial charge in [0.1, 0.15) is 12.1 Å². The maximum Gasteiger partial charge on any atom is 0.229 e. The second-order valence-electron chi connectivity index (χ2n) is 3.63. The largest absolute Gasteiger partial charge is 0.491 e. The number of benzene rings is 1. The Bertz CT molecular complexity index is 464. The van der Waals surface area contributed by atoms with E-state index >= 15 is 0 Å². The van der Waals surface area contributed by atoms with Gasteiger partial charge in [-0.1, -0.05) is 0 Å². The Labute approximate surface area is 98.8 Å². The lowest BCUT2D eigenvalue weighted by Gasteiger charge is -2.10. The summed E-state index contributed by atoms with van der Waals surface area (Å²) < 4.78 is 7.24. The van der Waals surface area contributed by atoms with Gasteiger partial charge in [0, 0.05) is 5.69 Å². The molecule has 84 valence electrons. The van der Waals surface area contributed by atoms with E-state index in [1.807, 2.05) is 38.1 Å². The Morgan fingerprint density at radius 1 is 1.25 bits per heavy atom. The van der Waals surface area contributed by atoms with Gasteiger partial charge in [-0.25, -0.2) is 0 Å². The molecule has 0 aliphatic heterocycles. The molecule has 0 spiro atoms. The van der Waals surface area contributed by atoms with E-state index < -0.39 is 0 Å². The minimum atomic E-state index is 0.171. The third-order valence-electron chi connectivity index (χ3n) is 1.99. The average Bonchev–Trinajstić information content (AvgIpc) is 2.65. The van der Waals surface area contributed by atoms with Gasteiger partial charge in [-0.2, -0.15) is 0 Å². The molecule has 5 heteroatoms. The van der Waals surface area contributed by atoms with E-state index in [1.54, 1.807) is 10.9 Å². The lowest BCUT2D eigenvalue weighted by molar-refractivity contribution is 0.242. The molecular formula is C11H12ClN3O. The van der Waals surface area contributed by atoms with Gasteiger partial charge in [0.15, 0.2) is 0 Å².